The molecule has 0 saturated carbocycles. The van der Waals surface area contributed by atoms with E-state index in [-0.39, 0.29) is 0 Å². The van der Waals surface area contributed by atoms with E-state index in [4.69, 9.17) is 4.55 Å². The van der Waals surface area contributed by atoms with Crippen LogP contribution in [0.25, 0.3) is 0 Å². The van der Waals surface area contributed by atoms with Crippen LogP contribution in [0.15, 0.2) is 0 Å². The molecule has 166 valence electrons. The van der Waals surface area contributed by atoms with E-state index in [9.17, 15) is 39.2 Å². The van der Waals surface area contributed by atoms with Gasteiger partial charge in [-0.2, -0.15) is 39.2 Å². The molecule has 0 heterocycles. The summed E-state index contributed by atoms with van der Waals surface area (Å²) in [5, 5.41) is -5.72. The number of quaternary nitrogens is 1. The lowest BCUT2D eigenvalue weighted by Crippen LogP contribution is -2.47. The van der Waals surface area contributed by atoms with Gasteiger partial charge in [0.25, 0.3) is 0 Å². The van der Waals surface area contributed by atoms with Gasteiger partial charge in [-0.15, -0.1) is 0 Å². The van der Waals surface area contributed by atoms with Crippen molar-refractivity contribution in [2.75, 3.05) is 26.2 Å². The minimum Gasteiger partial charge on any atom is -0.325 e. The first-order chi connectivity index (χ1) is 11.9. The molecule has 27 heavy (non-hydrogen) atoms. The van der Waals surface area contributed by atoms with Crippen molar-refractivity contribution in [3.05, 3.63) is 0 Å². The van der Waals surface area contributed by atoms with Gasteiger partial charge in [0.05, 0.1) is 26.2 Å². The fourth-order valence-electron chi connectivity index (χ4n) is 2.35. The quantitative estimate of drug-likeness (QED) is 0.224. The molecule has 12 heteroatoms. The second kappa shape index (κ2) is 10.8. The number of halogens is 7. The molecule has 0 rings (SSSR count). The van der Waals surface area contributed by atoms with E-state index in [0.717, 1.165) is 0 Å². The first-order valence-corrected chi connectivity index (χ1v) is 10.0. The van der Waals surface area contributed by atoms with Crippen molar-refractivity contribution >= 4 is 10.1 Å². The van der Waals surface area contributed by atoms with Gasteiger partial charge in [-0.25, -0.2) is 0 Å². The molecule has 0 unspecified atom stereocenters. The molecular weight excluding hydrogens is 407 g/mol. The van der Waals surface area contributed by atoms with E-state index >= 15 is 0 Å². The number of hydrogen-bond donors (Lipinski definition) is 1. The fourth-order valence-corrected chi connectivity index (χ4v) is 2.83. The Morgan fingerprint density at radius 1 is 0.741 bits per heavy atom. The number of rotatable bonds is 10. The van der Waals surface area contributed by atoms with Gasteiger partial charge in [0, 0.05) is 12.8 Å². The van der Waals surface area contributed by atoms with Crippen molar-refractivity contribution in [2.24, 2.45) is 0 Å². The summed E-state index contributed by atoms with van der Waals surface area (Å²) in [5.74, 6) is -5.13. The van der Waals surface area contributed by atoms with Crippen LogP contribution < -0.4 is 0 Å². The highest BCUT2D eigenvalue weighted by Crippen LogP contribution is 2.41. The van der Waals surface area contributed by atoms with Crippen LogP contribution in [0.3, 0.4) is 0 Å². The lowest BCUT2D eigenvalue weighted by molar-refractivity contribution is -0.921. The first kappa shape index (κ1) is 28.6. The van der Waals surface area contributed by atoms with Crippen LogP contribution in [0.2, 0.25) is 0 Å². The highest BCUT2D eigenvalue weighted by atomic mass is 32.2. The molecule has 0 bridgehead atoms. The van der Waals surface area contributed by atoms with E-state index in [1.807, 2.05) is 0 Å². The van der Waals surface area contributed by atoms with Crippen LogP contribution in [0.5, 0.6) is 0 Å². The van der Waals surface area contributed by atoms with Crippen molar-refractivity contribution in [1.82, 2.24) is 0 Å². The Balaban J connectivity index is 0. The van der Waals surface area contributed by atoms with Gasteiger partial charge in [0.2, 0.25) is 0 Å². The second-order valence-electron chi connectivity index (χ2n) is 6.13. The molecule has 0 atom stereocenters. The zero-order valence-corrected chi connectivity index (χ0v) is 16.7. The normalized spacial score (nSPS) is 13.9. The summed E-state index contributed by atoms with van der Waals surface area (Å²) in [6.07, 6.45) is -9.64. The summed E-state index contributed by atoms with van der Waals surface area (Å²) in [4.78, 5) is 0. The Morgan fingerprint density at radius 2 is 1.07 bits per heavy atom. The zero-order valence-electron chi connectivity index (χ0n) is 15.9. The monoisotopic (exact) mass is 436 g/mol. The van der Waals surface area contributed by atoms with Crippen molar-refractivity contribution < 1.29 is 48.2 Å². The molecule has 0 radical (unpaired) electrons. The summed E-state index contributed by atoms with van der Waals surface area (Å²) in [5.41, 5.74) is 0. The third kappa shape index (κ3) is 9.42. The summed E-state index contributed by atoms with van der Waals surface area (Å²) in [6.45, 7) is 14.2. The fraction of sp³-hybridized carbons (Fsp3) is 1.00. The third-order valence-corrected chi connectivity index (χ3v) is 5.58. The Morgan fingerprint density at radius 3 is 1.30 bits per heavy atom. The SMILES string of the molecule is CC[N+](CC)(CC)CC.O=S(=O)(O)C(F)(F)C(F)(F)CCCCC(F)(F)F. The molecule has 0 aromatic rings. The summed E-state index contributed by atoms with van der Waals surface area (Å²) in [6, 6.07) is 0. The molecule has 0 aliphatic carbocycles. The van der Waals surface area contributed by atoms with Crippen LogP contribution in [0.1, 0.15) is 53.4 Å². The van der Waals surface area contributed by atoms with Crippen molar-refractivity contribution in [2.45, 2.75) is 70.7 Å². The molecule has 0 fully saturated rings. The molecule has 4 nitrogen and oxygen atoms in total. The Hall–Kier alpha value is -0.620. The largest absolute Gasteiger partial charge is 0.431 e. The Bertz CT molecular complexity index is 500. The van der Waals surface area contributed by atoms with Crippen LogP contribution >= 0.6 is 0 Å². The van der Waals surface area contributed by atoms with Gasteiger partial charge in [0.15, 0.2) is 0 Å². The third-order valence-electron chi connectivity index (χ3n) is 4.63. The summed E-state index contributed by atoms with van der Waals surface area (Å²) in [7, 11) is -6.33. The van der Waals surface area contributed by atoms with Crippen LogP contribution in [-0.2, 0) is 10.1 Å². The minimum absolute atomic E-state index is 0.847. The standard InChI is InChI=1S/C8H20N.C7H9F7O3S/c1-5-9(6-2,7-3)8-4;8-5(9,7(13,14)18(15,16)17)3-1-2-4-6(10,11)12/h5-8H2,1-4H3;1-4H2,(H,15,16,17)/q+1;. The predicted molar refractivity (Wildman–Crippen MR) is 88.4 cm³/mol. The van der Waals surface area contributed by atoms with Crippen molar-refractivity contribution in [3.63, 3.8) is 0 Å². The molecule has 0 saturated heterocycles. The lowest BCUT2D eigenvalue weighted by atomic mass is 10.1. The molecule has 0 aliphatic heterocycles. The van der Waals surface area contributed by atoms with Gasteiger partial charge < -0.3 is 4.48 Å². The number of hydrogen-bond acceptors (Lipinski definition) is 2. The zero-order chi connectivity index (χ0) is 22.2. The molecule has 0 aromatic heterocycles. The van der Waals surface area contributed by atoms with Crippen LogP contribution in [0, 0.1) is 0 Å². The summed E-state index contributed by atoms with van der Waals surface area (Å²) < 4.78 is 115. The number of alkyl halides is 7. The van der Waals surface area contributed by atoms with Crippen LogP contribution in [-0.4, -0.2) is 61.0 Å². The van der Waals surface area contributed by atoms with Gasteiger partial charge in [0.1, 0.15) is 0 Å². The van der Waals surface area contributed by atoms with Crippen LogP contribution in [0.4, 0.5) is 30.7 Å². The van der Waals surface area contributed by atoms with E-state index in [1.165, 1.54) is 30.7 Å². The Kier molecular flexibility index (Phi) is 11.4. The maximum atomic E-state index is 12.7. The average Bonchev–Trinajstić information content (AvgIpc) is 2.53. The van der Waals surface area contributed by atoms with E-state index in [0.29, 0.717) is 0 Å². The van der Waals surface area contributed by atoms with Gasteiger partial charge in [-0.1, -0.05) is 0 Å². The molecule has 0 amide bonds. The maximum absolute atomic E-state index is 12.7. The van der Waals surface area contributed by atoms with Gasteiger partial charge >= 0.3 is 27.5 Å². The minimum atomic E-state index is -6.33. The van der Waals surface area contributed by atoms with Gasteiger partial charge in [-0.3, -0.25) is 4.55 Å². The molecule has 0 aliphatic rings. The van der Waals surface area contributed by atoms with E-state index in [1.54, 1.807) is 0 Å². The smallest absolute Gasteiger partial charge is 0.325 e. The Labute approximate surface area is 156 Å². The van der Waals surface area contributed by atoms with E-state index in [2.05, 4.69) is 27.7 Å². The highest BCUT2D eigenvalue weighted by Gasteiger charge is 2.64. The maximum Gasteiger partial charge on any atom is 0.431 e. The highest BCUT2D eigenvalue weighted by molar-refractivity contribution is 7.87. The number of unbranched alkanes of at least 4 members (excludes halogenated alkanes) is 1. The predicted octanol–water partition coefficient (Wildman–Crippen LogP) is 5.11. The van der Waals surface area contributed by atoms with Crippen molar-refractivity contribution in [1.29, 1.82) is 0 Å². The molecular formula is C15H29F7NO3S+. The number of nitrogens with zero attached hydrogens (tertiary/aromatic N) is 1. The average molecular weight is 436 g/mol. The van der Waals surface area contributed by atoms with Gasteiger partial charge in [-0.05, 0) is 40.5 Å². The first-order valence-electron chi connectivity index (χ1n) is 8.59. The summed E-state index contributed by atoms with van der Waals surface area (Å²) >= 11 is 0. The van der Waals surface area contributed by atoms with Crippen molar-refractivity contribution in [3.8, 4) is 0 Å². The lowest BCUT2D eigenvalue weighted by Gasteiger charge is -2.34. The van der Waals surface area contributed by atoms with E-state index < -0.39 is 53.2 Å². The molecule has 0 aromatic carbocycles. The second-order valence-corrected chi connectivity index (χ2v) is 7.59. The molecule has 0 spiro atoms. The topological polar surface area (TPSA) is 54.4 Å². The molecule has 1 N–H and O–H groups in total.